The second-order valence-corrected chi connectivity index (χ2v) is 11.0. The van der Waals surface area contributed by atoms with Crippen LogP contribution in [0, 0.1) is 29.2 Å². The normalized spacial score (nSPS) is 17.1. The number of ether oxygens (including phenoxy) is 1. The minimum absolute atomic E-state index is 0.0445. The van der Waals surface area contributed by atoms with Crippen molar-refractivity contribution in [2.75, 3.05) is 6.61 Å². The highest BCUT2D eigenvalue weighted by Gasteiger charge is 2.26. The minimum Gasteiger partial charge on any atom is -0.486 e. The molecule has 0 saturated heterocycles. The third-order valence-corrected chi connectivity index (χ3v) is 8.28. The van der Waals surface area contributed by atoms with E-state index in [0.717, 1.165) is 25.7 Å². The van der Waals surface area contributed by atoms with E-state index in [2.05, 4.69) is 13.5 Å². The Morgan fingerprint density at radius 3 is 1.90 bits per heavy atom. The van der Waals surface area contributed by atoms with Crippen LogP contribution in [-0.2, 0) is 0 Å². The molecular weight excluding hydrogens is 512 g/mol. The predicted octanol–water partition coefficient (Wildman–Crippen LogP) is 11.2. The molecule has 0 bridgehead atoms. The quantitative estimate of drug-likeness (QED) is 0.116. The third-order valence-electron chi connectivity index (χ3n) is 8.28. The number of halogens is 4. The lowest BCUT2D eigenvalue weighted by molar-refractivity contribution is 0.297. The second-order valence-electron chi connectivity index (χ2n) is 11.0. The van der Waals surface area contributed by atoms with Gasteiger partial charge in [-0.1, -0.05) is 101 Å². The van der Waals surface area contributed by atoms with E-state index in [9.17, 15) is 8.78 Å². The minimum atomic E-state index is -1.08. The maximum atomic E-state index is 15.3. The van der Waals surface area contributed by atoms with E-state index in [1.807, 2.05) is 0 Å². The van der Waals surface area contributed by atoms with Crippen LogP contribution in [0.4, 0.5) is 17.6 Å². The van der Waals surface area contributed by atoms with Gasteiger partial charge in [0.2, 0.25) is 5.82 Å². The maximum absolute atomic E-state index is 15.3. The number of hydrogen-bond acceptors (Lipinski definition) is 1. The van der Waals surface area contributed by atoms with E-state index in [-0.39, 0.29) is 29.4 Å². The van der Waals surface area contributed by atoms with Gasteiger partial charge in [0.25, 0.3) is 0 Å². The molecule has 1 saturated carbocycles. The summed E-state index contributed by atoms with van der Waals surface area (Å²) in [6, 6.07) is 12.5. The predicted molar refractivity (Wildman–Crippen MR) is 156 cm³/mol. The summed E-state index contributed by atoms with van der Waals surface area (Å²) in [7, 11) is 0. The lowest BCUT2D eigenvalue weighted by Gasteiger charge is -2.29. The molecule has 0 spiro atoms. The summed E-state index contributed by atoms with van der Waals surface area (Å²) in [5, 5.41) is 0. The molecule has 0 atom stereocenters. The van der Waals surface area contributed by atoms with Crippen molar-refractivity contribution in [3.63, 3.8) is 0 Å². The summed E-state index contributed by atoms with van der Waals surface area (Å²) in [5.74, 6) is -3.20. The van der Waals surface area contributed by atoms with Crippen LogP contribution >= 0.6 is 0 Å². The molecule has 1 aliphatic carbocycles. The van der Waals surface area contributed by atoms with E-state index in [1.165, 1.54) is 63.2 Å². The smallest absolute Gasteiger partial charge is 0.201 e. The van der Waals surface area contributed by atoms with Crippen LogP contribution in [0.3, 0.4) is 0 Å². The Morgan fingerprint density at radius 2 is 1.27 bits per heavy atom. The highest BCUT2D eigenvalue weighted by Crippen LogP contribution is 2.40. The van der Waals surface area contributed by atoms with Gasteiger partial charge in [0, 0.05) is 11.1 Å². The van der Waals surface area contributed by atoms with Gasteiger partial charge >= 0.3 is 0 Å². The molecule has 1 nitrogen and oxygen atoms in total. The highest BCUT2D eigenvalue weighted by atomic mass is 19.2. The third kappa shape index (κ3) is 7.16. The number of rotatable bonds is 13. The van der Waals surface area contributed by atoms with Crippen LogP contribution in [0.25, 0.3) is 22.3 Å². The van der Waals surface area contributed by atoms with Crippen LogP contribution in [-0.4, -0.2) is 6.61 Å². The van der Waals surface area contributed by atoms with E-state index >= 15 is 8.78 Å². The van der Waals surface area contributed by atoms with Gasteiger partial charge in [-0.25, -0.2) is 13.2 Å². The molecule has 0 heterocycles. The fourth-order valence-electron chi connectivity index (χ4n) is 5.92. The molecule has 40 heavy (non-hydrogen) atoms. The van der Waals surface area contributed by atoms with Crippen molar-refractivity contribution in [2.45, 2.75) is 83.5 Å². The van der Waals surface area contributed by atoms with Gasteiger partial charge in [-0.15, -0.1) is 0 Å². The van der Waals surface area contributed by atoms with Crippen LogP contribution in [0.15, 0.2) is 61.2 Å². The van der Waals surface area contributed by atoms with Gasteiger partial charge in [0.1, 0.15) is 6.61 Å². The molecule has 4 rings (SSSR count). The highest BCUT2D eigenvalue weighted by molar-refractivity contribution is 5.72. The van der Waals surface area contributed by atoms with Gasteiger partial charge in [0.15, 0.2) is 23.2 Å². The van der Waals surface area contributed by atoms with Crippen molar-refractivity contribution in [1.82, 2.24) is 0 Å². The molecule has 3 aromatic rings. The molecule has 1 aliphatic rings. The van der Waals surface area contributed by atoms with Crippen LogP contribution in [0.5, 0.6) is 5.75 Å². The SMILES string of the molecule is C=CCOc1ccc(-c2ccc(-c3ccc(C4CCC(CCCCCCCC)CC4)c(F)c3F)cc2)c(F)c1F. The molecule has 214 valence electrons. The lowest BCUT2D eigenvalue weighted by Crippen LogP contribution is -2.15. The fraction of sp³-hybridized carbons (Fsp3) is 0.429. The van der Waals surface area contributed by atoms with Crippen molar-refractivity contribution in [1.29, 1.82) is 0 Å². The summed E-state index contributed by atoms with van der Waals surface area (Å²) in [6.07, 6.45) is 14.4. The maximum Gasteiger partial charge on any atom is 0.201 e. The summed E-state index contributed by atoms with van der Waals surface area (Å²) < 4.78 is 64.8. The molecule has 1 fully saturated rings. The Morgan fingerprint density at radius 1 is 0.700 bits per heavy atom. The first-order valence-corrected chi connectivity index (χ1v) is 14.7. The van der Waals surface area contributed by atoms with E-state index in [0.29, 0.717) is 22.6 Å². The zero-order valence-corrected chi connectivity index (χ0v) is 23.5. The summed E-state index contributed by atoms with van der Waals surface area (Å²) >= 11 is 0. The van der Waals surface area contributed by atoms with Crippen molar-refractivity contribution < 1.29 is 22.3 Å². The number of unbranched alkanes of at least 4 members (excludes halogenated alkanes) is 5. The molecule has 0 amide bonds. The Bertz CT molecular complexity index is 1260. The lowest BCUT2D eigenvalue weighted by atomic mass is 9.76. The van der Waals surface area contributed by atoms with Gasteiger partial charge in [-0.3, -0.25) is 0 Å². The second kappa shape index (κ2) is 14.5. The fourth-order valence-corrected chi connectivity index (χ4v) is 5.92. The largest absolute Gasteiger partial charge is 0.486 e. The Hall–Kier alpha value is -3.08. The first-order chi connectivity index (χ1) is 19.4. The van der Waals surface area contributed by atoms with Crippen molar-refractivity contribution in [3.05, 3.63) is 90.0 Å². The first-order valence-electron chi connectivity index (χ1n) is 14.7. The molecule has 0 unspecified atom stereocenters. The van der Waals surface area contributed by atoms with E-state index in [1.54, 1.807) is 36.4 Å². The van der Waals surface area contributed by atoms with Crippen molar-refractivity contribution in [2.24, 2.45) is 5.92 Å². The average molecular weight is 553 g/mol. The Kier molecular flexibility index (Phi) is 10.9. The van der Waals surface area contributed by atoms with Crippen LogP contribution in [0.1, 0.15) is 89.0 Å². The molecular formula is C35H40F4O. The zero-order valence-electron chi connectivity index (χ0n) is 23.5. The van der Waals surface area contributed by atoms with Gasteiger partial charge in [-0.2, -0.15) is 4.39 Å². The monoisotopic (exact) mass is 552 g/mol. The average Bonchev–Trinajstić information content (AvgIpc) is 2.98. The molecule has 0 aliphatic heterocycles. The topological polar surface area (TPSA) is 9.23 Å². The summed E-state index contributed by atoms with van der Waals surface area (Å²) in [5.41, 5.74) is 1.58. The van der Waals surface area contributed by atoms with E-state index in [4.69, 9.17) is 4.74 Å². The summed E-state index contributed by atoms with van der Waals surface area (Å²) in [6.45, 7) is 5.79. The molecule has 5 heteroatoms. The molecule has 0 radical (unpaired) electrons. The molecule has 3 aromatic carbocycles. The van der Waals surface area contributed by atoms with Crippen LogP contribution in [0.2, 0.25) is 0 Å². The Balaban J connectivity index is 1.39. The first kappa shape index (κ1) is 29.9. The van der Waals surface area contributed by atoms with Gasteiger partial charge in [0.05, 0.1) is 0 Å². The van der Waals surface area contributed by atoms with Gasteiger partial charge in [-0.05, 0) is 66.3 Å². The number of hydrogen-bond donors (Lipinski definition) is 0. The van der Waals surface area contributed by atoms with Gasteiger partial charge < -0.3 is 4.74 Å². The van der Waals surface area contributed by atoms with Crippen molar-refractivity contribution in [3.8, 4) is 28.0 Å². The Labute approximate surface area is 236 Å². The van der Waals surface area contributed by atoms with Crippen molar-refractivity contribution >= 4 is 0 Å². The molecule has 0 N–H and O–H groups in total. The summed E-state index contributed by atoms with van der Waals surface area (Å²) in [4.78, 5) is 0. The molecule has 0 aromatic heterocycles. The van der Waals surface area contributed by atoms with E-state index < -0.39 is 23.3 Å². The number of benzene rings is 3. The standard InChI is InChI=1S/C35H40F4O/c1-3-5-6-7-8-9-10-24-11-13-25(14-12-24)28-19-20-29(33(37)32(28)36)26-15-17-27(18-16-26)30-21-22-31(40-23-4-2)35(39)34(30)38/h4,15-22,24-25H,2-3,5-14,23H2,1H3. The zero-order chi connectivity index (χ0) is 28.5. The van der Waals surface area contributed by atoms with Crippen LogP contribution < -0.4 is 4.74 Å².